The maximum absolute atomic E-state index is 13.5. The van der Waals surface area contributed by atoms with Crippen molar-refractivity contribution in [1.29, 1.82) is 0 Å². The van der Waals surface area contributed by atoms with Crippen LogP contribution in [0.3, 0.4) is 0 Å². The number of carbonyl (C=O) groups excluding carboxylic acids is 3. The lowest BCUT2D eigenvalue weighted by molar-refractivity contribution is -0.123. The number of aromatic nitrogens is 2. The maximum atomic E-state index is 13.5. The lowest BCUT2D eigenvalue weighted by atomic mass is 10.1. The zero-order valence-corrected chi connectivity index (χ0v) is 26.7. The highest BCUT2D eigenvalue weighted by Gasteiger charge is 2.47. The summed E-state index contributed by atoms with van der Waals surface area (Å²) >= 11 is 9.19. The van der Waals surface area contributed by atoms with Crippen molar-refractivity contribution in [1.82, 2.24) is 19.8 Å². The number of ketones is 1. The van der Waals surface area contributed by atoms with Crippen LogP contribution in [0.5, 0.6) is 0 Å². The first kappa shape index (κ1) is 28.0. The minimum absolute atomic E-state index is 0.113. The molecule has 3 aromatic heterocycles. The van der Waals surface area contributed by atoms with Gasteiger partial charge in [-0.3, -0.25) is 14.4 Å². The zero-order chi connectivity index (χ0) is 29.3. The number of fused-ring (bicyclic) bond motifs is 4. The molecule has 3 aromatic rings. The molecule has 41 heavy (non-hydrogen) atoms. The molecule has 0 unspecified atom stereocenters. The van der Waals surface area contributed by atoms with Crippen molar-refractivity contribution in [2.75, 3.05) is 14.1 Å². The quantitative estimate of drug-likeness (QED) is 0.167. The Morgan fingerprint density at radius 3 is 2.27 bits per heavy atom. The van der Waals surface area contributed by atoms with Crippen LogP contribution in [0.4, 0.5) is 0 Å². The molecule has 0 N–H and O–H groups in total. The van der Waals surface area contributed by atoms with Gasteiger partial charge in [-0.25, -0.2) is 9.97 Å². The summed E-state index contributed by atoms with van der Waals surface area (Å²) in [6.07, 6.45) is 4.45. The average molecular weight is 621 g/mol. The van der Waals surface area contributed by atoms with Crippen LogP contribution in [0.1, 0.15) is 72.0 Å². The van der Waals surface area contributed by atoms with Crippen molar-refractivity contribution in [3.8, 4) is 19.6 Å². The number of likely N-dealkylation sites (N-methyl/N-ethyl adjacent to an activating group) is 2. The molecule has 0 radical (unpaired) electrons. The van der Waals surface area contributed by atoms with Gasteiger partial charge in [-0.2, -0.15) is 0 Å². The number of carbonyl (C=O) groups is 3. The van der Waals surface area contributed by atoms with Gasteiger partial charge in [0.2, 0.25) is 5.78 Å². The van der Waals surface area contributed by atoms with E-state index in [0.717, 1.165) is 47.9 Å². The molecule has 7 nitrogen and oxygen atoms in total. The maximum Gasteiger partial charge on any atom is 0.261 e. The Morgan fingerprint density at radius 1 is 0.951 bits per heavy atom. The summed E-state index contributed by atoms with van der Waals surface area (Å²) in [5.74, 6) is -0.236. The van der Waals surface area contributed by atoms with E-state index in [2.05, 4.69) is 33.1 Å². The van der Waals surface area contributed by atoms with Crippen molar-refractivity contribution < 1.29 is 14.4 Å². The van der Waals surface area contributed by atoms with Crippen molar-refractivity contribution in [3.05, 3.63) is 73.4 Å². The molecule has 6 rings (SSSR count). The van der Waals surface area contributed by atoms with Gasteiger partial charge in [-0.05, 0) is 38.3 Å². The number of thiazole rings is 2. The van der Waals surface area contributed by atoms with Gasteiger partial charge in [0.25, 0.3) is 11.8 Å². The SMILES string of the molecule is C=C(C)C/C=C(\S)C1=C2C(=O)N(C)C(c3ccc(-c4nc5c(s4)-c4sc(C(CC)CC)nc4C5=O)s3)=C2C(=O)N1C. The summed E-state index contributed by atoms with van der Waals surface area (Å²) < 4.78 is 0. The number of nitrogens with zero attached hydrogens (tertiary/aromatic N) is 4. The average Bonchev–Trinajstić information content (AvgIpc) is 3.77. The molecule has 210 valence electrons. The van der Waals surface area contributed by atoms with E-state index in [0.29, 0.717) is 51.2 Å². The van der Waals surface area contributed by atoms with E-state index in [4.69, 9.17) is 9.97 Å². The van der Waals surface area contributed by atoms with Gasteiger partial charge in [0, 0.05) is 24.9 Å². The van der Waals surface area contributed by atoms with Crippen LogP contribution in [-0.2, 0) is 9.59 Å². The van der Waals surface area contributed by atoms with E-state index in [1.165, 1.54) is 27.6 Å². The Kier molecular flexibility index (Phi) is 7.04. The van der Waals surface area contributed by atoms with E-state index >= 15 is 0 Å². The molecule has 1 aliphatic carbocycles. The minimum atomic E-state index is -0.238. The van der Waals surface area contributed by atoms with Crippen molar-refractivity contribution in [2.24, 2.45) is 0 Å². The van der Waals surface area contributed by atoms with Crippen LogP contribution in [-0.4, -0.2) is 51.5 Å². The lowest BCUT2D eigenvalue weighted by Gasteiger charge is -2.19. The normalized spacial score (nSPS) is 16.7. The molecule has 0 saturated carbocycles. The molecule has 2 aliphatic heterocycles. The van der Waals surface area contributed by atoms with E-state index < -0.39 is 0 Å². The molecule has 0 bridgehead atoms. The van der Waals surface area contributed by atoms with Gasteiger partial charge in [-0.1, -0.05) is 32.1 Å². The lowest BCUT2D eigenvalue weighted by Crippen LogP contribution is -2.25. The van der Waals surface area contributed by atoms with Crippen LogP contribution < -0.4 is 0 Å². The second-order valence-electron chi connectivity index (χ2n) is 10.4. The molecular weight excluding hydrogens is 593 g/mol. The zero-order valence-electron chi connectivity index (χ0n) is 23.3. The van der Waals surface area contributed by atoms with Gasteiger partial charge < -0.3 is 9.80 Å². The van der Waals surface area contributed by atoms with Crippen molar-refractivity contribution in [3.63, 3.8) is 0 Å². The molecule has 0 fully saturated rings. The number of thiol groups is 1. The highest BCUT2D eigenvalue weighted by Crippen LogP contribution is 2.50. The van der Waals surface area contributed by atoms with Crippen LogP contribution >= 0.6 is 46.6 Å². The summed E-state index contributed by atoms with van der Waals surface area (Å²) in [6, 6.07) is 3.85. The summed E-state index contributed by atoms with van der Waals surface area (Å²) in [7, 11) is 3.36. The molecular formula is C30H28N4O3S4. The predicted molar refractivity (Wildman–Crippen MR) is 169 cm³/mol. The monoisotopic (exact) mass is 620 g/mol. The van der Waals surface area contributed by atoms with E-state index in [1.54, 1.807) is 30.3 Å². The smallest absolute Gasteiger partial charge is 0.261 e. The molecule has 0 aromatic carbocycles. The molecule has 0 spiro atoms. The first-order chi connectivity index (χ1) is 19.6. The number of amides is 2. The van der Waals surface area contributed by atoms with Gasteiger partial charge in [0.05, 0.1) is 47.1 Å². The Labute approximate surface area is 256 Å². The number of rotatable bonds is 8. The van der Waals surface area contributed by atoms with E-state index in [-0.39, 0.29) is 17.6 Å². The summed E-state index contributed by atoms with van der Waals surface area (Å²) in [6.45, 7) is 10.1. The third kappa shape index (κ3) is 4.24. The van der Waals surface area contributed by atoms with Gasteiger partial charge in [0.1, 0.15) is 16.4 Å². The minimum Gasteiger partial charge on any atom is -0.309 e. The first-order valence-corrected chi connectivity index (χ1v) is 16.2. The summed E-state index contributed by atoms with van der Waals surface area (Å²) in [5, 5.41) is 1.76. The van der Waals surface area contributed by atoms with E-state index in [1.807, 2.05) is 25.1 Å². The Bertz CT molecular complexity index is 1780. The third-order valence-electron chi connectivity index (χ3n) is 7.61. The predicted octanol–water partition coefficient (Wildman–Crippen LogP) is 7.13. The second-order valence-corrected chi connectivity index (χ2v) is 14.0. The van der Waals surface area contributed by atoms with Crippen molar-refractivity contribution >= 4 is 69.9 Å². The van der Waals surface area contributed by atoms with Gasteiger partial charge in [-0.15, -0.1) is 46.6 Å². The Hall–Kier alpha value is -3.12. The summed E-state index contributed by atoms with van der Waals surface area (Å²) in [5.41, 5.74) is 3.80. The highest BCUT2D eigenvalue weighted by molar-refractivity contribution is 7.84. The molecule has 0 saturated heterocycles. The third-order valence-corrected chi connectivity index (χ3v) is 11.7. The number of hydrogen-bond donors (Lipinski definition) is 1. The van der Waals surface area contributed by atoms with Gasteiger partial charge >= 0.3 is 0 Å². The number of thiophene rings is 1. The standard InChI is InChI=1S/C30H28N4O3S4/c1-7-14(8-2)27-31-20-24(35)21-26(25(20)40-27)41-28(32-21)17-12-11-16(39-17)23-19-18(29(36)34(23)6)22(33(5)30(19)37)15(38)10-9-13(3)4/h10-12,14,38H,3,7-9H2,1-2,4-6H3/b15-10-. The fourth-order valence-electron chi connectivity index (χ4n) is 5.37. The second kappa shape index (κ2) is 10.3. The molecule has 0 atom stereocenters. The molecule has 3 aliphatic rings. The largest absolute Gasteiger partial charge is 0.309 e. The van der Waals surface area contributed by atoms with E-state index in [9.17, 15) is 14.4 Å². The Balaban J connectivity index is 1.38. The van der Waals surface area contributed by atoms with Crippen molar-refractivity contribution in [2.45, 2.75) is 46.0 Å². The summed E-state index contributed by atoms with van der Waals surface area (Å²) in [4.78, 5) is 56.6. The highest BCUT2D eigenvalue weighted by atomic mass is 32.1. The fraction of sp³-hybridized carbons (Fsp3) is 0.300. The fourth-order valence-corrected chi connectivity index (χ4v) is 9.39. The first-order valence-electron chi connectivity index (χ1n) is 13.3. The van der Waals surface area contributed by atoms with Crippen LogP contribution in [0.2, 0.25) is 0 Å². The van der Waals surface area contributed by atoms with Crippen LogP contribution in [0.15, 0.2) is 52.1 Å². The molecule has 11 heteroatoms. The van der Waals surface area contributed by atoms with Gasteiger partial charge in [0.15, 0.2) is 0 Å². The van der Waals surface area contributed by atoms with Crippen LogP contribution in [0, 0.1) is 0 Å². The molecule has 2 amide bonds. The molecule has 5 heterocycles. The number of hydrogen-bond acceptors (Lipinski definition) is 9. The number of allylic oxidation sites excluding steroid dienone is 2. The van der Waals surface area contributed by atoms with Crippen LogP contribution in [0.25, 0.3) is 25.3 Å². The topological polar surface area (TPSA) is 83.5 Å². The Morgan fingerprint density at radius 2 is 1.59 bits per heavy atom.